The number of benzene rings is 2. The van der Waals surface area contributed by atoms with Crippen molar-refractivity contribution in [2.45, 2.75) is 31.6 Å². The standard InChI is InChI=1S/C22H28N2O5S/c1-16(2)18-4-6-19(7-5-18)23-22(25)15-29-21-9-8-20(14-17(21)3)30(26,27)24-10-12-28-13-11-24/h4-9,14,16H,10-13,15H2,1-3H3,(H,23,25). The van der Waals surface area contributed by atoms with Crippen LogP contribution in [0, 0.1) is 6.92 Å². The van der Waals surface area contributed by atoms with Crippen LogP contribution in [0.4, 0.5) is 5.69 Å². The second-order valence-electron chi connectivity index (χ2n) is 7.56. The highest BCUT2D eigenvalue weighted by atomic mass is 32.2. The van der Waals surface area contributed by atoms with Gasteiger partial charge in [0.2, 0.25) is 10.0 Å². The Hall–Kier alpha value is -2.42. The molecule has 2 aromatic rings. The van der Waals surface area contributed by atoms with Gasteiger partial charge in [-0.2, -0.15) is 4.31 Å². The molecule has 1 amide bonds. The highest BCUT2D eigenvalue weighted by Crippen LogP contribution is 2.25. The van der Waals surface area contributed by atoms with E-state index in [1.807, 2.05) is 24.3 Å². The van der Waals surface area contributed by atoms with Crippen LogP contribution in [0.25, 0.3) is 0 Å². The Morgan fingerprint density at radius 3 is 2.40 bits per heavy atom. The Bertz CT molecular complexity index is 981. The fourth-order valence-corrected chi connectivity index (χ4v) is 4.67. The van der Waals surface area contributed by atoms with Gasteiger partial charge in [0, 0.05) is 18.8 Å². The van der Waals surface area contributed by atoms with E-state index in [4.69, 9.17) is 9.47 Å². The Labute approximate surface area is 178 Å². The summed E-state index contributed by atoms with van der Waals surface area (Å²) in [5.41, 5.74) is 2.56. The van der Waals surface area contributed by atoms with Crippen molar-refractivity contribution in [3.63, 3.8) is 0 Å². The fraction of sp³-hybridized carbons (Fsp3) is 0.409. The molecule has 30 heavy (non-hydrogen) atoms. The van der Waals surface area contributed by atoms with E-state index in [2.05, 4.69) is 19.2 Å². The molecule has 162 valence electrons. The first-order valence-corrected chi connectivity index (χ1v) is 11.4. The molecule has 0 unspecified atom stereocenters. The topological polar surface area (TPSA) is 84.9 Å². The van der Waals surface area contributed by atoms with Gasteiger partial charge in [-0.3, -0.25) is 4.79 Å². The third-order valence-corrected chi connectivity index (χ3v) is 6.87. The minimum Gasteiger partial charge on any atom is -0.483 e. The van der Waals surface area contributed by atoms with E-state index in [-0.39, 0.29) is 17.4 Å². The summed E-state index contributed by atoms with van der Waals surface area (Å²) in [5, 5.41) is 2.80. The van der Waals surface area contributed by atoms with Crippen molar-refractivity contribution in [1.29, 1.82) is 0 Å². The molecule has 1 fully saturated rings. The molecule has 7 nitrogen and oxygen atoms in total. The molecule has 0 saturated carbocycles. The van der Waals surface area contributed by atoms with Crippen molar-refractivity contribution in [2.75, 3.05) is 38.2 Å². The Balaban J connectivity index is 1.59. The van der Waals surface area contributed by atoms with Gasteiger partial charge in [-0.05, 0) is 54.3 Å². The molecule has 1 heterocycles. The maximum Gasteiger partial charge on any atom is 0.262 e. The molecule has 3 rings (SSSR count). The lowest BCUT2D eigenvalue weighted by molar-refractivity contribution is -0.118. The zero-order valence-corrected chi connectivity index (χ0v) is 18.4. The molecular weight excluding hydrogens is 404 g/mol. The second kappa shape index (κ2) is 9.59. The van der Waals surface area contributed by atoms with Gasteiger partial charge >= 0.3 is 0 Å². The quantitative estimate of drug-likeness (QED) is 0.727. The van der Waals surface area contributed by atoms with Crippen LogP contribution < -0.4 is 10.1 Å². The van der Waals surface area contributed by atoms with E-state index >= 15 is 0 Å². The zero-order chi connectivity index (χ0) is 21.7. The smallest absolute Gasteiger partial charge is 0.262 e. The first kappa shape index (κ1) is 22.3. The summed E-state index contributed by atoms with van der Waals surface area (Å²) in [6, 6.07) is 12.4. The number of carbonyl (C=O) groups excluding carboxylic acids is 1. The van der Waals surface area contributed by atoms with E-state index in [1.165, 1.54) is 15.9 Å². The van der Waals surface area contributed by atoms with Gasteiger partial charge in [-0.25, -0.2) is 8.42 Å². The third kappa shape index (κ3) is 5.38. The Morgan fingerprint density at radius 2 is 1.80 bits per heavy atom. The number of carbonyl (C=O) groups is 1. The lowest BCUT2D eigenvalue weighted by Gasteiger charge is -2.26. The molecule has 1 N–H and O–H groups in total. The monoisotopic (exact) mass is 432 g/mol. The minimum absolute atomic E-state index is 0.164. The van der Waals surface area contributed by atoms with E-state index in [0.717, 1.165) is 0 Å². The molecule has 1 aliphatic rings. The number of hydrogen-bond donors (Lipinski definition) is 1. The number of rotatable bonds is 7. The van der Waals surface area contributed by atoms with Crippen LogP contribution in [0.5, 0.6) is 5.75 Å². The van der Waals surface area contributed by atoms with Gasteiger partial charge in [-0.15, -0.1) is 0 Å². The molecule has 0 bridgehead atoms. The van der Waals surface area contributed by atoms with Gasteiger partial charge < -0.3 is 14.8 Å². The summed E-state index contributed by atoms with van der Waals surface area (Å²) in [7, 11) is -3.56. The number of morpholine rings is 1. The van der Waals surface area contributed by atoms with E-state index < -0.39 is 10.0 Å². The van der Waals surface area contributed by atoms with Crippen molar-refractivity contribution in [3.8, 4) is 5.75 Å². The van der Waals surface area contributed by atoms with Crippen LogP contribution in [0.15, 0.2) is 47.4 Å². The number of ether oxygens (including phenoxy) is 2. The van der Waals surface area contributed by atoms with Crippen molar-refractivity contribution in [2.24, 2.45) is 0 Å². The minimum atomic E-state index is -3.56. The van der Waals surface area contributed by atoms with Crippen molar-refractivity contribution >= 4 is 21.6 Å². The van der Waals surface area contributed by atoms with Gasteiger partial charge in [0.05, 0.1) is 18.1 Å². The molecule has 0 radical (unpaired) electrons. The summed E-state index contributed by atoms with van der Waals surface area (Å²) in [5.74, 6) is 0.619. The number of anilines is 1. The first-order chi connectivity index (χ1) is 14.3. The fourth-order valence-electron chi connectivity index (χ4n) is 3.17. The average molecular weight is 433 g/mol. The maximum absolute atomic E-state index is 12.8. The van der Waals surface area contributed by atoms with E-state index in [9.17, 15) is 13.2 Å². The second-order valence-corrected chi connectivity index (χ2v) is 9.50. The van der Waals surface area contributed by atoms with Crippen LogP contribution in [0.1, 0.15) is 30.9 Å². The lowest BCUT2D eigenvalue weighted by Crippen LogP contribution is -2.40. The van der Waals surface area contributed by atoms with Gasteiger partial charge in [0.25, 0.3) is 5.91 Å². The summed E-state index contributed by atoms with van der Waals surface area (Å²) in [6.07, 6.45) is 0. The summed E-state index contributed by atoms with van der Waals surface area (Å²) >= 11 is 0. The summed E-state index contributed by atoms with van der Waals surface area (Å²) in [4.78, 5) is 12.4. The van der Waals surface area contributed by atoms with Crippen molar-refractivity contribution in [3.05, 3.63) is 53.6 Å². The van der Waals surface area contributed by atoms with E-state index in [0.29, 0.717) is 49.2 Å². The molecule has 8 heteroatoms. The highest BCUT2D eigenvalue weighted by molar-refractivity contribution is 7.89. The molecule has 2 aromatic carbocycles. The molecule has 0 atom stereocenters. The van der Waals surface area contributed by atoms with Crippen molar-refractivity contribution < 1.29 is 22.7 Å². The SMILES string of the molecule is Cc1cc(S(=O)(=O)N2CCOCC2)ccc1OCC(=O)Nc1ccc(C(C)C)cc1. The molecule has 1 aliphatic heterocycles. The predicted octanol–water partition coefficient (Wildman–Crippen LogP) is 3.16. The summed E-state index contributed by atoms with van der Waals surface area (Å²) < 4.78 is 37.8. The first-order valence-electron chi connectivity index (χ1n) is 9.98. The maximum atomic E-state index is 12.8. The number of sulfonamides is 1. The molecule has 0 aliphatic carbocycles. The van der Waals surface area contributed by atoms with Crippen LogP contribution in [0.3, 0.4) is 0 Å². The van der Waals surface area contributed by atoms with E-state index in [1.54, 1.807) is 19.1 Å². The number of hydrogen-bond acceptors (Lipinski definition) is 5. The third-order valence-electron chi connectivity index (χ3n) is 4.97. The molecular formula is C22H28N2O5S. The molecule has 0 aromatic heterocycles. The normalized spacial score (nSPS) is 15.2. The number of aryl methyl sites for hydroxylation is 1. The highest BCUT2D eigenvalue weighted by Gasteiger charge is 2.26. The predicted molar refractivity (Wildman–Crippen MR) is 115 cm³/mol. The average Bonchev–Trinajstić information content (AvgIpc) is 2.73. The molecule has 1 saturated heterocycles. The Morgan fingerprint density at radius 1 is 1.13 bits per heavy atom. The largest absolute Gasteiger partial charge is 0.483 e. The molecule has 0 spiro atoms. The zero-order valence-electron chi connectivity index (χ0n) is 17.6. The van der Waals surface area contributed by atoms with Gasteiger partial charge in [0.15, 0.2) is 6.61 Å². The van der Waals surface area contributed by atoms with Crippen LogP contribution >= 0.6 is 0 Å². The van der Waals surface area contributed by atoms with Gasteiger partial charge in [-0.1, -0.05) is 26.0 Å². The van der Waals surface area contributed by atoms with Crippen LogP contribution in [0.2, 0.25) is 0 Å². The number of nitrogens with one attached hydrogen (secondary N) is 1. The lowest BCUT2D eigenvalue weighted by atomic mass is 10.0. The number of amides is 1. The Kier molecular flexibility index (Phi) is 7.12. The van der Waals surface area contributed by atoms with Gasteiger partial charge in [0.1, 0.15) is 5.75 Å². The van der Waals surface area contributed by atoms with Crippen molar-refractivity contribution in [1.82, 2.24) is 4.31 Å². The summed E-state index contributed by atoms with van der Waals surface area (Å²) in [6.45, 7) is 7.31. The number of nitrogens with zero attached hydrogens (tertiary/aromatic N) is 1. The van der Waals surface area contributed by atoms with Crippen LogP contribution in [-0.4, -0.2) is 51.5 Å². The van der Waals surface area contributed by atoms with Crippen LogP contribution in [-0.2, 0) is 19.6 Å².